The molecule has 2 saturated carbocycles. The Morgan fingerprint density at radius 1 is 0.918 bits per heavy atom. The van der Waals surface area contributed by atoms with Crippen LogP contribution in [0.4, 0.5) is 21.5 Å². The molecule has 0 spiro atoms. The Morgan fingerprint density at radius 3 is 2.22 bits per heavy atom. The standard InChI is InChI=1S/C35H45FN2.C29H31N5O4.C3H8.2C2H6.C2H4/c1-9-12-13-33(36)26(7)29-16-17-30-18-24(5)34(21-31(30)20-29)38-35(19-23(4)27(10-2)11-3)32(22-37-8)25(6)28-14-15-28;1-16-4-3-9-30-27(16)25-8-7-19-12-24(36)23(14-26(19)38-25)34-15-20-21(32-17(34)2)13-22(29(37)31-10-11-35)33-28(20)18-5-6-18;1-3-2;3*1-2/h9-13,18-19,21,28-29,37-38H,1-2,4,14-17,20,22H2,3,5-8H3;3-4,9,12-14,18,25,32,35-36H,2,5-8,10-11,15H2,1H3,(H,31,37);3H2,1-2H3;2*1-2H3;1-2H2/b13-12-,27-11+,32-25+,33-26-,35-19+;;;;;. The molecule has 12 heteroatoms. The lowest BCUT2D eigenvalue weighted by atomic mass is 9.79. The summed E-state index contributed by atoms with van der Waals surface area (Å²) in [5.74, 6) is 2.16. The number of nitrogens with one attached hydrogen (secondary N) is 4. The van der Waals surface area contributed by atoms with Crippen molar-refractivity contribution in [3.63, 3.8) is 0 Å². The molecule has 2 atom stereocenters. The molecule has 0 bridgehead atoms. The summed E-state index contributed by atoms with van der Waals surface area (Å²) >= 11 is 0. The second kappa shape index (κ2) is 35.0. The largest absolute Gasteiger partial charge is 0.506 e. The summed E-state index contributed by atoms with van der Waals surface area (Å²) in [7, 11) is 2.00. The van der Waals surface area contributed by atoms with E-state index < -0.39 is 0 Å². The number of hydrogen-bond acceptors (Lipinski definition) is 10. The van der Waals surface area contributed by atoms with Crippen molar-refractivity contribution < 1.29 is 24.1 Å². The van der Waals surface area contributed by atoms with Crippen LogP contribution in [0, 0.1) is 25.7 Å². The summed E-state index contributed by atoms with van der Waals surface area (Å²) < 4.78 is 21.1. The van der Waals surface area contributed by atoms with Gasteiger partial charge >= 0.3 is 0 Å². The molecule has 2 aromatic heterocycles. The van der Waals surface area contributed by atoms with Crippen LogP contribution in [0.2, 0.25) is 0 Å². The maximum Gasteiger partial charge on any atom is 0.270 e. The number of pyridine rings is 2. The molecular formula is C73H100FN7O4. The monoisotopic (exact) mass is 1160 g/mol. The number of likely N-dealkylation sites (N-methyl/N-ethyl adjacent to an activating group) is 1. The zero-order valence-electron chi connectivity index (χ0n) is 53.5. The van der Waals surface area contributed by atoms with Crippen LogP contribution >= 0.6 is 0 Å². The van der Waals surface area contributed by atoms with E-state index in [4.69, 9.17) is 14.8 Å². The number of halogens is 1. The predicted molar refractivity (Wildman–Crippen MR) is 357 cm³/mol. The van der Waals surface area contributed by atoms with Crippen molar-refractivity contribution in [3.8, 4) is 11.5 Å². The molecule has 4 aromatic rings. The number of phenolic OH excluding ortho intramolecular Hbond substituents is 1. The quantitative estimate of drug-likeness (QED) is 0.0421. The van der Waals surface area contributed by atoms with Gasteiger partial charge in [-0.1, -0.05) is 116 Å². The number of anilines is 3. The molecule has 1 amide bonds. The van der Waals surface area contributed by atoms with Crippen molar-refractivity contribution in [1.82, 2.24) is 20.6 Å². The van der Waals surface area contributed by atoms with E-state index in [-0.39, 0.29) is 42.7 Å². The fourth-order valence-electron chi connectivity index (χ4n) is 10.6. The van der Waals surface area contributed by atoms with E-state index in [1.165, 1.54) is 53.2 Å². The number of hydrogen-bond donors (Lipinski definition) is 6. The molecule has 3 aliphatic carbocycles. The zero-order valence-corrected chi connectivity index (χ0v) is 53.5. The number of fused-ring (bicyclic) bond motifs is 3. The molecule has 458 valence electrons. The van der Waals surface area contributed by atoms with Crippen molar-refractivity contribution in [1.29, 1.82) is 0 Å². The van der Waals surface area contributed by atoms with E-state index in [0.717, 1.165) is 119 Å². The topological polar surface area (TPSA) is 144 Å². The number of aryl methyl sites for hydroxylation is 4. The first kappa shape index (κ1) is 69.9. The normalized spacial score (nSPS) is 17.2. The third-order valence-electron chi connectivity index (χ3n) is 15.4. The highest BCUT2D eigenvalue weighted by atomic mass is 19.1. The van der Waals surface area contributed by atoms with E-state index >= 15 is 0 Å². The number of phenols is 1. The highest BCUT2D eigenvalue weighted by molar-refractivity contribution is 5.94. The first-order chi connectivity index (χ1) is 41.1. The zero-order chi connectivity index (χ0) is 62.9. The third-order valence-corrected chi connectivity index (χ3v) is 15.4. The average molecular weight is 1160 g/mol. The maximum atomic E-state index is 14.7. The number of allylic oxidation sites excluding steroid dienone is 11. The van der Waals surface area contributed by atoms with Crippen LogP contribution in [0.3, 0.4) is 0 Å². The highest BCUT2D eigenvalue weighted by Crippen LogP contribution is 2.48. The van der Waals surface area contributed by atoms with Crippen molar-refractivity contribution in [2.75, 3.05) is 42.3 Å². The van der Waals surface area contributed by atoms with Gasteiger partial charge in [-0.25, -0.2) is 9.37 Å². The number of ether oxygens (including phenoxy) is 1. The second-order valence-electron chi connectivity index (χ2n) is 21.5. The number of benzene rings is 2. The molecule has 9 rings (SSSR count). The Labute approximate surface area is 510 Å². The van der Waals surface area contributed by atoms with Crippen LogP contribution in [0.5, 0.6) is 11.5 Å². The molecule has 0 saturated heterocycles. The first-order valence-corrected chi connectivity index (χ1v) is 30.8. The van der Waals surface area contributed by atoms with E-state index in [9.17, 15) is 14.3 Å². The number of aliphatic hydroxyl groups excluding tert-OH is 1. The van der Waals surface area contributed by atoms with Gasteiger partial charge in [0.1, 0.15) is 34.9 Å². The number of amides is 1. The lowest BCUT2D eigenvalue weighted by molar-refractivity contribution is 0.0939. The minimum absolute atomic E-state index is 0.133. The van der Waals surface area contributed by atoms with Crippen LogP contribution < -0.4 is 30.9 Å². The first-order valence-electron chi connectivity index (χ1n) is 30.8. The molecule has 5 aliphatic rings. The summed E-state index contributed by atoms with van der Waals surface area (Å²) in [6.45, 7) is 46.1. The lowest BCUT2D eigenvalue weighted by Gasteiger charge is -2.36. The fourth-order valence-corrected chi connectivity index (χ4v) is 10.6. The Balaban J connectivity index is 0.000000321. The summed E-state index contributed by atoms with van der Waals surface area (Å²) in [5, 5.41) is 33.3. The summed E-state index contributed by atoms with van der Waals surface area (Å²) in [5.41, 5.74) is 18.1. The van der Waals surface area contributed by atoms with Gasteiger partial charge in [0.2, 0.25) is 0 Å². The Hall–Kier alpha value is -7.54. The van der Waals surface area contributed by atoms with Crippen molar-refractivity contribution in [2.45, 2.75) is 159 Å². The average Bonchev–Trinajstić information content (AvgIpc) is 2.72. The number of nitrogens with zero attached hydrogens (tertiary/aromatic N) is 3. The number of aromatic hydroxyl groups is 1. The van der Waals surface area contributed by atoms with Crippen LogP contribution in [-0.4, -0.2) is 52.8 Å². The van der Waals surface area contributed by atoms with Gasteiger partial charge in [-0.15, -0.1) is 13.2 Å². The van der Waals surface area contributed by atoms with Gasteiger partial charge in [0.15, 0.2) is 0 Å². The van der Waals surface area contributed by atoms with Crippen LogP contribution in [-0.2, 0) is 25.8 Å². The van der Waals surface area contributed by atoms with Gasteiger partial charge in [-0.2, -0.15) is 0 Å². The predicted octanol–water partition coefficient (Wildman–Crippen LogP) is 17.3. The Kier molecular flexibility index (Phi) is 28.8. The van der Waals surface area contributed by atoms with E-state index in [1.807, 2.05) is 90.8 Å². The molecule has 11 nitrogen and oxygen atoms in total. The van der Waals surface area contributed by atoms with Gasteiger partial charge in [-0.05, 0) is 198 Å². The highest BCUT2D eigenvalue weighted by Gasteiger charge is 2.35. The SMILES string of the molecule is C=C.C=C/C=C\C(F)=C(/C)C1CCc2cc(C)c(NC(=C/C(=C)/C(C=C)=C/C)/C(CNC)=C(\C)C3CC3)cc2C1.C=C1Nc2cc(C(=O)NCCO)nc(C3CC3)c2CN1c1cc2c(cc1O)CCC(c1ncccc1C)O2.CC.CC.CCC. The summed E-state index contributed by atoms with van der Waals surface area (Å²) in [4.78, 5) is 23.8. The van der Waals surface area contributed by atoms with Gasteiger partial charge in [-0.3, -0.25) is 9.78 Å². The minimum atomic E-state index is -0.319. The van der Waals surface area contributed by atoms with Gasteiger partial charge in [0.05, 0.1) is 30.2 Å². The molecule has 2 aromatic carbocycles. The number of aromatic nitrogens is 2. The van der Waals surface area contributed by atoms with Crippen LogP contribution in [0.1, 0.15) is 175 Å². The minimum Gasteiger partial charge on any atom is -0.506 e. The van der Waals surface area contributed by atoms with Gasteiger partial charge in [0, 0.05) is 53.9 Å². The van der Waals surface area contributed by atoms with Crippen LogP contribution in [0.25, 0.3) is 0 Å². The maximum absolute atomic E-state index is 14.7. The summed E-state index contributed by atoms with van der Waals surface area (Å²) in [6, 6.07) is 13.9. The van der Waals surface area contributed by atoms with E-state index in [2.05, 4.69) is 112 Å². The fraction of sp³-hybridized carbons (Fsp3) is 0.411. The second-order valence-corrected chi connectivity index (χ2v) is 21.5. The molecule has 2 unspecified atom stereocenters. The Morgan fingerprint density at radius 2 is 1.61 bits per heavy atom. The third kappa shape index (κ3) is 18.7. The van der Waals surface area contributed by atoms with Crippen molar-refractivity contribution in [3.05, 3.63) is 220 Å². The van der Waals surface area contributed by atoms with Crippen LogP contribution in [0.15, 0.2) is 170 Å². The van der Waals surface area contributed by atoms with Crippen molar-refractivity contribution >= 4 is 23.0 Å². The van der Waals surface area contributed by atoms with Gasteiger partial charge < -0.3 is 41.1 Å². The number of carbonyl (C=O) groups is 1. The Bertz CT molecular complexity index is 3120. The van der Waals surface area contributed by atoms with Gasteiger partial charge in [0.25, 0.3) is 5.91 Å². The number of rotatable bonds is 18. The molecular weight excluding hydrogens is 1060 g/mol. The summed E-state index contributed by atoms with van der Waals surface area (Å²) in [6.07, 6.45) is 22.6. The molecule has 2 fully saturated rings. The smallest absolute Gasteiger partial charge is 0.270 e. The molecule has 2 aliphatic heterocycles. The molecule has 85 heavy (non-hydrogen) atoms. The van der Waals surface area contributed by atoms with Crippen molar-refractivity contribution in [2.24, 2.45) is 11.8 Å². The molecule has 4 heterocycles. The molecule has 0 radical (unpaired) electrons. The van der Waals surface area contributed by atoms with E-state index in [0.29, 0.717) is 35.6 Å². The molecule has 6 N–H and O–H groups in total. The van der Waals surface area contributed by atoms with E-state index in [1.54, 1.807) is 30.5 Å². The lowest BCUT2D eigenvalue weighted by Crippen LogP contribution is -2.33. The number of aliphatic hydroxyl groups is 1. The number of carbonyl (C=O) groups excluding carboxylic acids is 1.